The minimum absolute atomic E-state index is 0.0287. The lowest BCUT2D eigenvalue weighted by Gasteiger charge is -2.25. The number of nitrogens with zero attached hydrogens (tertiary/aromatic N) is 5. The van der Waals surface area contributed by atoms with E-state index in [0.717, 1.165) is 35.4 Å². The zero-order chi connectivity index (χ0) is 18.2. The molecule has 0 radical (unpaired) electrons. The van der Waals surface area contributed by atoms with Crippen molar-refractivity contribution in [3.63, 3.8) is 0 Å². The maximum absolute atomic E-state index is 5.62. The van der Waals surface area contributed by atoms with Gasteiger partial charge in [0.25, 0.3) is 0 Å². The Labute approximate surface area is 161 Å². The van der Waals surface area contributed by atoms with Crippen LogP contribution in [0.15, 0.2) is 32.5 Å². The predicted molar refractivity (Wildman–Crippen MR) is 100 cm³/mol. The van der Waals surface area contributed by atoms with Crippen molar-refractivity contribution in [1.82, 2.24) is 24.9 Å². The van der Waals surface area contributed by atoms with Gasteiger partial charge in [-0.05, 0) is 44.7 Å². The van der Waals surface area contributed by atoms with E-state index in [-0.39, 0.29) is 5.25 Å². The van der Waals surface area contributed by atoms with E-state index in [4.69, 9.17) is 8.94 Å². The van der Waals surface area contributed by atoms with Crippen LogP contribution in [0.25, 0.3) is 11.6 Å². The van der Waals surface area contributed by atoms with E-state index in [2.05, 4.69) is 31.8 Å². The number of thioether (sulfide) groups is 1. The average molecular weight is 385 g/mol. The summed E-state index contributed by atoms with van der Waals surface area (Å²) in [5, 5.41) is 14.0. The third-order valence-corrected chi connectivity index (χ3v) is 6.42. The SMILES string of the molecule is C[C@@H](Sc1nnc(-c2ccco2)n1C1CCCCC1)c1nc(C2CC2)no1. The molecule has 0 amide bonds. The van der Waals surface area contributed by atoms with E-state index >= 15 is 0 Å². The molecular weight excluding hydrogens is 362 g/mol. The first-order valence-electron chi connectivity index (χ1n) is 9.78. The van der Waals surface area contributed by atoms with Crippen LogP contribution in [0.3, 0.4) is 0 Å². The molecule has 3 aromatic rings. The van der Waals surface area contributed by atoms with Gasteiger partial charge in [-0.3, -0.25) is 4.57 Å². The average Bonchev–Trinajstić information content (AvgIpc) is 3.12. The minimum atomic E-state index is 0.0287. The second kappa shape index (κ2) is 7.14. The summed E-state index contributed by atoms with van der Waals surface area (Å²) >= 11 is 1.63. The van der Waals surface area contributed by atoms with Gasteiger partial charge in [-0.25, -0.2) is 0 Å². The summed E-state index contributed by atoms with van der Waals surface area (Å²) in [4.78, 5) is 4.59. The minimum Gasteiger partial charge on any atom is -0.461 e. The van der Waals surface area contributed by atoms with E-state index in [9.17, 15) is 0 Å². The Morgan fingerprint density at radius 3 is 2.74 bits per heavy atom. The van der Waals surface area contributed by atoms with Gasteiger partial charge in [-0.1, -0.05) is 36.2 Å². The topological polar surface area (TPSA) is 82.8 Å². The summed E-state index contributed by atoms with van der Waals surface area (Å²) in [7, 11) is 0. The first kappa shape index (κ1) is 17.0. The summed E-state index contributed by atoms with van der Waals surface area (Å²) in [5.74, 6) is 3.59. The van der Waals surface area contributed by atoms with Gasteiger partial charge in [-0.2, -0.15) is 4.98 Å². The van der Waals surface area contributed by atoms with Crippen molar-refractivity contribution in [3.05, 3.63) is 30.1 Å². The fourth-order valence-electron chi connectivity index (χ4n) is 3.73. The molecule has 0 aliphatic heterocycles. The normalized spacial score (nSPS) is 19.4. The van der Waals surface area contributed by atoms with Crippen LogP contribution in [0.1, 0.15) is 80.8 Å². The third-order valence-electron chi connectivity index (χ3n) is 5.38. The van der Waals surface area contributed by atoms with Gasteiger partial charge in [0, 0.05) is 12.0 Å². The zero-order valence-electron chi connectivity index (χ0n) is 15.4. The molecule has 2 aliphatic carbocycles. The number of hydrogen-bond donors (Lipinski definition) is 0. The molecule has 7 nitrogen and oxygen atoms in total. The van der Waals surface area contributed by atoms with Gasteiger partial charge in [0.2, 0.25) is 11.7 Å². The van der Waals surface area contributed by atoms with Crippen LogP contribution in [-0.4, -0.2) is 24.9 Å². The van der Waals surface area contributed by atoms with Crippen LogP contribution < -0.4 is 0 Å². The van der Waals surface area contributed by atoms with E-state index < -0.39 is 0 Å². The van der Waals surface area contributed by atoms with E-state index in [1.165, 1.54) is 32.1 Å². The molecule has 2 aliphatic rings. The zero-order valence-corrected chi connectivity index (χ0v) is 16.2. The lowest BCUT2D eigenvalue weighted by molar-refractivity contribution is 0.337. The Bertz CT molecular complexity index is 893. The van der Waals surface area contributed by atoms with Gasteiger partial charge < -0.3 is 8.94 Å². The molecule has 27 heavy (non-hydrogen) atoms. The van der Waals surface area contributed by atoms with Gasteiger partial charge in [0.1, 0.15) is 0 Å². The Kier molecular flexibility index (Phi) is 4.51. The molecule has 2 fully saturated rings. The van der Waals surface area contributed by atoms with Gasteiger partial charge in [0.15, 0.2) is 16.7 Å². The van der Waals surface area contributed by atoms with Crippen molar-refractivity contribution in [1.29, 1.82) is 0 Å². The first-order valence-corrected chi connectivity index (χ1v) is 10.7. The summed E-state index contributed by atoms with van der Waals surface area (Å²) in [6.07, 6.45) is 10.1. The molecule has 3 heterocycles. The van der Waals surface area contributed by atoms with Crippen molar-refractivity contribution >= 4 is 11.8 Å². The van der Waals surface area contributed by atoms with Crippen LogP contribution in [0.4, 0.5) is 0 Å². The van der Waals surface area contributed by atoms with Crippen molar-refractivity contribution in [2.75, 3.05) is 0 Å². The van der Waals surface area contributed by atoms with Gasteiger partial charge >= 0.3 is 0 Å². The lowest BCUT2D eigenvalue weighted by atomic mass is 9.95. The summed E-state index contributed by atoms with van der Waals surface area (Å²) in [6, 6.07) is 4.25. The molecule has 0 bridgehead atoms. The highest BCUT2D eigenvalue weighted by Crippen LogP contribution is 2.42. The number of rotatable bonds is 6. The monoisotopic (exact) mass is 385 g/mol. The lowest BCUT2D eigenvalue weighted by Crippen LogP contribution is -2.15. The molecule has 142 valence electrons. The van der Waals surface area contributed by atoms with Crippen LogP contribution in [0.2, 0.25) is 0 Å². The first-order chi connectivity index (χ1) is 13.3. The molecule has 0 saturated heterocycles. The number of hydrogen-bond acceptors (Lipinski definition) is 7. The second-order valence-corrected chi connectivity index (χ2v) is 8.78. The highest BCUT2D eigenvalue weighted by atomic mass is 32.2. The smallest absolute Gasteiger partial charge is 0.239 e. The van der Waals surface area contributed by atoms with Gasteiger partial charge in [0.05, 0.1) is 11.5 Å². The van der Waals surface area contributed by atoms with Crippen molar-refractivity contribution in [3.8, 4) is 11.6 Å². The van der Waals surface area contributed by atoms with E-state index in [1.54, 1.807) is 18.0 Å². The van der Waals surface area contributed by atoms with E-state index in [1.807, 2.05) is 12.1 Å². The Morgan fingerprint density at radius 1 is 1.15 bits per heavy atom. The summed E-state index contributed by atoms with van der Waals surface area (Å²) in [5.41, 5.74) is 0. The Morgan fingerprint density at radius 2 is 2.00 bits per heavy atom. The van der Waals surface area contributed by atoms with Crippen LogP contribution in [0.5, 0.6) is 0 Å². The molecule has 0 N–H and O–H groups in total. The molecule has 0 spiro atoms. The molecule has 3 aromatic heterocycles. The van der Waals surface area contributed by atoms with Gasteiger partial charge in [-0.15, -0.1) is 10.2 Å². The third kappa shape index (κ3) is 3.42. The molecule has 0 unspecified atom stereocenters. The van der Waals surface area contributed by atoms with Crippen molar-refractivity contribution in [2.45, 2.75) is 74.2 Å². The fourth-order valence-corrected chi connectivity index (χ4v) is 4.68. The Balaban J connectivity index is 1.43. The molecular formula is C19H23N5O2S. The van der Waals surface area contributed by atoms with Crippen LogP contribution in [0, 0.1) is 0 Å². The second-order valence-electron chi connectivity index (χ2n) is 7.47. The largest absolute Gasteiger partial charge is 0.461 e. The molecule has 1 atom stereocenters. The van der Waals surface area contributed by atoms with Crippen LogP contribution >= 0.6 is 11.8 Å². The van der Waals surface area contributed by atoms with Crippen LogP contribution in [-0.2, 0) is 0 Å². The van der Waals surface area contributed by atoms with Crippen molar-refractivity contribution in [2.24, 2.45) is 0 Å². The maximum Gasteiger partial charge on any atom is 0.239 e. The summed E-state index contributed by atoms with van der Waals surface area (Å²) in [6.45, 7) is 2.08. The Hall–Kier alpha value is -2.09. The maximum atomic E-state index is 5.62. The molecule has 5 rings (SSSR count). The highest BCUT2D eigenvalue weighted by molar-refractivity contribution is 7.99. The fraction of sp³-hybridized carbons (Fsp3) is 0.579. The standard InChI is InChI=1S/C19H23N5O2S/c1-12(18-20-16(23-26-18)13-9-10-13)27-19-22-21-17(15-8-5-11-25-15)24(19)14-6-3-2-4-7-14/h5,8,11-14H,2-4,6-7,9-10H2,1H3/t12-/m1/s1. The molecule has 8 heteroatoms. The summed E-state index contributed by atoms with van der Waals surface area (Å²) < 4.78 is 13.4. The quantitative estimate of drug-likeness (QED) is 0.542. The predicted octanol–water partition coefficient (Wildman–Crippen LogP) is 5.16. The number of furan rings is 1. The van der Waals surface area contributed by atoms with Crippen molar-refractivity contribution < 1.29 is 8.94 Å². The highest BCUT2D eigenvalue weighted by Gasteiger charge is 2.31. The molecule has 0 aromatic carbocycles. The van der Waals surface area contributed by atoms with E-state index in [0.29, 0.717) is 17.9 Å². The number of aromatic nitrogens is 5. The molecule has 2 saturated carbocycles.